The number of amides is 1. The molecule has 28 heavy (non-hydrogen) atoms. The van der Waals surface area contributed by atoms with Gasteiger partial charge in [-0.15, -0.1) is 0 Å². The van der Waals surface area contributed by atoms with Crippen molar-refractivity contribution in [1.82, 2.24) is 20.3 Å². The summed E-state index contributed by atoms with van der Waals surface area (Å²) >= 11 is 0. The molecule has 0 saturated carbocycles. The molecular formula is C22H21N5O. The third kappa shape index (κ3) is 4.17. The molecule has 3 heterocycles. The van der Waals surface area contributed by atoms with Crippen LogP contribution in [0.2, 0.25) is 0 Å². The average Bonchev–Trinajstić information content (AvgIpc) is 3.16. The number of nitrogens with one attached hydrogen (secondary N) is 3. The number of hydrogen-bond acceptors (Lipinski definition) is 4. The van der Waals surface area contributed by atoms with Crippen molar-refractivity contribution in [2.45, 2.75) is 13.0 Å². The van der Waals surface area contributed by atoms with Gasteiger partial charge < -0.3 is 15.6 Å². The predicted molar refractivity (Wildman–Crippen MR) is 110 cm³/mol. The first-order valence-electron chi connectivity index (χ1n) is 9.21. The van der Waals surface area contributed by atoms with Gasteiger partial charge in [-0.3, -0.25) is 9.78 Å². The summed E-state index contributed by atoms with van der Waals surface area (Å²) in [5.41, 5.74) is 4.72. The minimum Gasteiger partial charge on any atom is -0.380 e. The maximum atomic E-state index is 12.3. The lowest BCUT2D eigenvalue weighted by Gasteiger charge is -2.08. The van der Waals surface area contributed by atoms with Gasteiger partial charge in [0.25, 0.3) is 5.91 Å². The van der Waals surface area contributed by atoms with Crippen LogP contribution in [0, 0.1) is 0 Å². The molecule has 3 N–H and O–H groups in total. The van der Waals surface area contributed by atoms with Crippen LogP contribution in [0.15, 0.2) is 73.3 Å². The highest BCUT2D eigenvalue weighted by atomic mass is 16.1. The van der Waals surface area contributed by atoms with E-state index in [0.717, 1.165) is 23.2 Å². The van der Waals surface area contributed by atoms with Crippen LogP contribution >= 0.6 is 0 Å². The summed E-state index contributed by atoms with van der Waals surface area (Å²) in [5, 5.41) is 7.41. The Morgan fingerprint density at radius 1 is 1.04 bits per heavy atom. The summed E-state index contributed by atoms with van der Waals surface area (Å²) in [6.07, 6.45) is 7.97. The number of fused-ring (bicyclic) bond motifs is 1. The molecule has 0 aliphatic carbocycles. The number of benzene rings is 1. The standard InChI is InChI=1S/C22H21N5O/c28-22(24-12-9-17-14-26-20-4-2-1-3-19(17)20)21-6-5-18(15-27-21)25-13-16-7-10-23-11-8-16/h1-8,10-11,14-15,25-26H,9,12-13H2,(H,24,28). The Hall–Kier alpha value is -3.67. The second kappa shape index (κ2) is 8.35. The minimum absolute atomic E-state index is 0.166. The van der Waals surface area contributed by atoms with Crippen LogP contribution in [0.4, 0.5) is 5.69 Å². The fourth-order valence-electron chi connectivity index (χ4n) is 3.08. The number of anilines is 1. The lowest BCUT2D eigenvalue weighted by Crippen LogP contribution is -2.26. The molecule has 0 aliphatic rings. The second-order valence-electron chi connectivity index (χ2n) is 6.51. The van der Waals surface area contributed by atoms with Crippen molar-refractivity contribution in [3.8, 4) is 0 Å². The van der Waals surface area contributed by atoms with E-state index in [1.54, 1.807) is 24.7 Å². The molecule has 0 unspecified atom stereocenters. The molecule has 0 aliphatic heterocycles. The summed E-state index contributed by atoms with van der Waals surface area (Å²) in [5.74, 6) is -0.166. The molecular weight excluding hydrogens is 350 g/mol. The fourth-order valence-corrected chi connectivity index (χ4v) is 3.08. The highest BCUT2D eigenvalue weighted by molar-refractivity contribution is 5.92. The predicted octanol–water partition coefficient (Wildman–Crippen LogP) is 3.54. The van der Waals surface area contributed by atoms with Crippen LogP contribution in [0.1, 0.15) is 21.6 Å². The van der Waals surface area contributed by atoms with E-state index in [9.17, 15) is 4.79 Å². The van der Waals surface area contributed by atoms with E-state index in [0.29, 0.717) is 18.8 Å². The van der Waals surface area contributed by atoms with Gasteiger partial charge in [-0.1, -0.05) is 18.2 Å². The molecule has 4 aromatic rings. The smallest absolute Gasteiger partial charge is 0.269 e. The number of hydrogen-bond donors (Lipinski definition) is 3. The van der Waals surface area contributed by atoms with Gasteiger partial charge in [-0.2, -0.15) is 0 Å². The molecule has 0 saturated heterocycles. The third-order valence-corrected chi connectivity index (χ3v) is 4.60. The van der Waals surface area contributed by atoms with Crippen molar-refractivity contribution in [2.75, 3.05) is 11.9 Å². The van der Waals surface area contributed by atoms with Gasteiger partial charge in [0, 0.05) is 42.6 Å². The van der Waals surface area contributed by atoms with Crippen LogP contribution < -0.4 is 10.6 Å². The van der Waals surface area contributed by atoms with Crippen LogP contribution in [0.3, 0.4) is 0 Å². The number of H-pyrrole nitrogens is 1. The highest BCUT2D eigenvalue weighted by Crippen LogP contribution is 2.17. The van der Waals surface area contributed by atoms with Gasteiger partial charge in [0.15, 0.2) is 0 Å². The zero-order valence-corrected chi connectivity index (χ0v) is 15.4. The van der Waals surface area contributed by atoms with Crippen molar-refractivity contribution in [2.24, 2.45) is 0 Å². The van der Waals surface area contributed by atoms with E-state index in [4.69, 9.17) is 0 Å². The first-order valence-corrected chi connectivity index (χ1v) is 9.21. The number of aromatic nitrogens is 3. The van der Waals surface area contributed by atoms with Crippen molar-refractivity contribution >= 4 is 22.5 Å². The monoisotopic (exact) mass is 371 g/mol. The fraction of sp³-hybridized carbons (Fsp3) is 0.136. The summed E-state index contributed by atoms with van der Waals surface area (Å²) in [6, 6.07) is 15.7. The Kier molecular flexibility index (Phi) is 5.29. The van der Waals surface area contributed by atoms with Crippen LogP contribution in [-0.4, -0.2) is 27.4 Å². The summed E-state index contributed by atoms with van der Waals surface area (Å²) in [4.78, 5) is 23.8. The van der Waals surface area contributed by atoms with Gasteiger partial charge in [0.1, 0.15) is 5.69 Å². The van der Waals surface area contributed by atoms with E-state index >= 15 is 0 Å². The van der Waals surface area contributed by atoms with E-state index in [1.165, 1.54) is 10.9 Å². The number of carbonyl (C=O) groups is 1. The molecule has 0 spiro atoms. The molecule has 3 aromatic heterocycles. The second-order valence-corrected chi connectivity index (χ2v) is 6.51. The number of rotatable bonds is 7. The minimum atomic E-state index is -0.166. The molecule has 0 fully saturated rings. The molecule has 1 aromatic carbocycles. The van der Waals surface area contributed by atoms with Crippen LogP contribution in [0.5, 0.6) is 0 Å². The Balaban J connectivity index is 1.28. The van der Waals surface area contributed by atoms with E-state index in [-0.39, 0.29) is 5.91 Å². The maximum Gasteiger partial charge on any atom is 0.269 e. The number of aromatic amines is 1. The average molecular weight is 371 g/mol. The lowest BCUT2D eigenvalue weighted by atomic mass is 10.1. The zero-order valence-electron chi connectivity index (χ0n) is 15.4. The van der Waals surface area contributed by atoms with Crippen molar-refractivity contribution in [1.29, 1.82) is 0 Å². The van der Waals surface area contributed by atoms with E-state index in [2.05, 4.69) is 31.7 Å². The summed E-state index contributed by atoms with van der Waals surface area (Å²) in [7, 11) is 0. The molecule has 0 bridgehead atoms. The molecule has 0 radical (unpaired) electrons. The molecule has 6 nitrogen and oxygen atoms in total. The van der Waals surface area contributed by atoms with Crippen LogP contribution in [0.25, 0.3) is 10.9 Å². The van der Waals surface area contributed by atoms with E-state index in [1.807, 2.05) is 42.6 Å². The van der Waals surface area contributed by atoms with Crippen LogP contribution in [-0.2, 0) is 13.0 Å². The highest BCUT2D eigenvalue weighted by Gasteiger charge is 2.08. The molecule has 140 valence electrons. The molecule has 6 heteroatoms. The Labute approximate surface area is 163 Å². The van der Waals surface area contributed by atoms with Crippen molar-refractivity contribution < 1.29 is 4.79 Å². The topological polar surface area (TPSA) is 82.7 Å². The Morgan fingerprint density at radius 2 is 1.89 bits per heavy atom. The summed E-state index contributed by atoms with van der Waals surface area (Å²) < 4.78 is 0. The number of carbonyl (C=O) groups excluding carboxylic acids is 1. The third-order valence-electron chi connectivity index (χ3n) is 4.60. The first kappa shape index (κ1) is 17.7. The molecule has 4 rings (SSSR count). The van der Waals surface area contributed by atoms with Crippen molar-refractivity contribution in [3.05, 3.63) is 90.1 Å². The molecule has 1 amide bonds. The number of para-hydroxylation sites is 1. The molecule has 0 atom stereocenters. The normalized spacial score (nSPS) is 10.7. The zero-order chi connectivity index (χ0) is 19.2. The summed E-state index contributed by atoms with van der Waals surface area (Å²) in [6.45, 7) is 1.24. The quantitative estimate of drug-likeness (QED) is 0.464. The Morgan fingerprint density at radius 3 is 2.71 bits per heavy atom. The first-order chi connectivity index (χ1) is 13.8. The number of pyridine rings is 2. The van der Waals surface area contributed by atoms with Gasteiger partial charge in [-0.25, -0.2) is 4.98 Å². The SMILES string of the molecule is O=C(NCCc1c[nH]c2ccccc12)c1ccc(NCc2ccncc2)cn1. The lowest BCUT2D eigenvalue weighted by molar-refractivity contribution is 0.0949. The number of nitrogens with zero attached hydrogens (tertiary/aromatic N) is 2. The largest absolute Gasteiger partial charge is 0.380 e. The van der Waals surface area contributed by atoms with E-state index < -0.39 is 0 Å². The van der Waals surface area contributed by atoms with Gasteiger partial charge in [0.05, 0.1) is 11.9 Å². The van der Waals surface area contributed by atoms with Gasteiger partial charge >= 0.3 is 0 Å². The van der Waals surface area contributed by atoms with Gasteiger partial charge in [0.2, 0.25) is 0 Å². The van der Waals surface area contributed by atoms with Gasteiger partial charge in [-0.05, 0) is 47.9 Å². The van der Waals surface area contributed by atoms with Crippen molar-refractivity contribution in [3.63, 3.8) is 0 Å². The maximum absolute atomic E-state index is 12.3. The Bertz CT molecular complexity index is 1060.